The van der Waals surface area contributed by atoms with Gasteiger partial charge in [-0.15, -0.1) is 0 Å². The molecule has 0 saturated carbocycles. The van der Waals surface area contributed by atoms with Crippen molar-refractivity contribution in [1.82, 2.24) is 9.80 Å². The molecule has 8 heteroatoms. The average Bonchev–Trinajstić information content (AvgIpc) is 3.06. The van der Waals surface area contributed by atoms with Gasteiger partial charge in [0, 0.05) is 18.7 Å². The minimum Gasteiger partial charge on any atom is -0.507 e. The van der Waals surface area contributed by atoms with Crippen molar-refractivity contribution in [2.24, 2.45) is 0 Å². The van der Waals surface area contributed by atoms with Gasteiger partial charge in [0.25, 0.3) is 11.7 Å². The number of rotatable bonds is 8. The molecular formula is C24H26Cl2N2O4. The maximum atomic E-state index is 13.1. The number of amides is 1. The van der Waals surface area contributed by atoms with Crippen LogP contribution in [0.1, 0.15) is 31.0 Å². The minimum absolute atomic E-state index is 0.0260. The molecule has 32 heavy (non-hydrogen) atoms. The van der Waals surface area contributed by atoms with Gasteiger partial charge in [-0.2, -0.15) is 0 Å². The van der Waals surface area contributed by atoms with Gasteiger partial charge in [0.15, 0.2) is 0 Å². The Morgan fingerprint density at radius 1 is 1.06 bits per heavy atom. The highest BCUT2D eigenvalue weighted by Crippen LogP contribution is 2.40. The number of nitrogens with zero attached hydrogens (tertiary/aromatic N) is 2. The van der Waals surface area contributed by atoms with Crippen molar-refractivity contribution in [3.63, 3.8) is 0 Å². The van der Waals surface area contributed by atoms with Crippen LogP contribution in [0.3, 0.4) is 0 Å². The van der Waals surface area contributed by atoms with Gasteiger partial charge >= 0.3 is 0 Å². The summed E-state index contributed by atoms with van der Waals surface area (Å²) in [6, 6.07) is 11.0. The SMILES string of the molecule is CCN(CC)CCN1C(=O)C(=O)/C(=C(\O)c2ccc(Cl)c(Cl)c2)C1c1ccc(OC)cc1. The van der Waals surface area contributed by atoms with Crippen molar-refractivity contribution >= 4 is 40.7 Å². The van der Waals surface area contributed by atoms with Gasteiger partial charge in [0.1, 0.15) is 11.5 Å². The summed E-state index contributed by atoms with van der Waals surface area (Å²) in [6.07, 6.45) is 0. The number of carbonyl (C=O) groups is 2. The predicted molar refractivity (Wildman–Crippen MR) is 126 cm³/mol. The first-order chi connectivity index (χ1) is 15.3. The molecule has 1 fully saturated rings. The van der Waals surface area contributed by atoms with Gasteiger partial charge in [-0.3, -0.25) is 9.59 Å². The zero-order chi connectivity index (χ0) is 23.4. The predicted octanol–water partition coefficient (Wildman–Crippen LogP) is 4.77. The molecule has 2 aromatic carbocycles. The molecule has 6 nitrogen and oxygen atoms in total. The van der Waals surface area contributed by atoms with Gasteiger partial charge in [0.05, 0.1) is 28.8 Å². The molecule has 1 atom stereocenters. The monoisotopic (exact) mass is 476 g/mol. The standard InChI is InChI=1S/C24H26Cl2N2O4/c1-4-27(5-2)12-13-28-21(15-6-9-17(32-3)10-7-15)20(23(30)24(28)31)22(29)16-8-11-18(25)19(26)14-16/h6-11,14,21,29H,4-5,12-13H2,1-3H3/b22-20-. The number of likely N-dealkylation sites (N-methyl/N-ethyl adjacent to an activating group) is 1. The van der Waals surface area contributed by atoms with Crippen molar-refractivity contribution in [3.8, 4) is 5.75 Å². The highest BCUT2D eigenvalue weighted by molar-refractivity contribution is 6.46. The van der Waals surface area contributed by atoms with E-state index < -0.39 is 17.7 Å². The number of aliphatic hydroxyl groups excluding tert-OH is 1. The number of ether oxygens (including phenoxy) is 1. The highest BCUT2D eigenvalue weighted by atomic mass is 35.5. The molecule has 1 amide bonds. The Morgan fingerprint density at radius 3 is 2.28 bits per heavy atom. The van der Waals surface area contributed by atoms with E-state index in [1.807, 2.05) is 13.8 Å². The van der Waals surface area contributed by atoms with Crippen molar-refractivity contribution in [1.29, 1.82) is 0 Å². The molecule has 1 aliphatic heterocycles. The van der Waals surface area contributed by atoms with E-state index in [4.69, 9.17) is 27.9 Å². The van der Waals surface area contributed by atoms with Gasteiger partial charge in [0.2, 0.25) is 0 Å². The summed E-state index contributed by atoms with van der Waals surface area (Å²) in [5.74, 6) is -1.00. The lowest BCUT2D eigenvalue weighted by molar-refractivity contribution is -0.140. The van der Waals surface area contributed by atoms with Gasteiger partial charge in [-0.1, -0.05) is 49.2 Å². The first kappa shape index (κ1) is 24.1. The molecule has 0 radical (unpaired) electrons. The Kier molecular flexibility index (Phi) is 7.82. The topological polar surface area (TPSA) is 70.1 Å². The minimum atomic E-state index is -0.731. The van der Waals surface area contributed by atoms with Crippen molar-refractivity contribution < 1.29 is 19.4 Å². The molecule has 0 aromatic heterocycles. The number of benzene rings is 2. The molecule has 1 saturated heterocycles. The Morgan fingerprint density at radius 2 is 1.72 bits per heavy atom. The maximum Gasteiger partial charge on any atom is 0.295 e. The third-order valence-electron chi connectivity index (χ3n) is 5.72. The number of carbonyl (C=O) groups excluding carboxylic acids is 2. The van der Waals surface area contributed by atoms with Crippen LogP contribution in [0.5, 0.6) is 5.75 Å². The Hall–Kier alpha value is -2.54. The molecule has 1 aliphatic rings. The number of ketones is 1. The van der Waals surface area contributed by atoms with Crippen LogP contribution in [0.15, 0.2) is 48.0 Å². The Balaban J connectivity index is 2.11. The fourth-order valence-corrected chi connectivity index (χ4v) is 4.13. The third kappa shape index (κ3) is 4.77. The molecule has 0 aliphatic carbocycles. The van der Waals surface area contributed by atoms with Crippen LogP contribution in [0, 0.1) is 0 Å². The summed E-state index contributed by atoms with van der Waals surface area (Å²) in [6.45, 7) is 6.71. The maximum absolute atomic E-state index is 13.1. The van der Waals surface area contributed by atoms with E-state index >= 15 is 0 Å². The fourth-order valence-electron chi connectivity index (χ4n) is 3.83. The van der Waals surface area contributed by atoms with Crippen LogP contribution in [0.2, 0.25) is 10.0 Å². The highest BCUT2D eigenvalue weighted by Gasteiger charge is 2.46. The second-order valence-electron chi connectivity index (χ2n) is 7.42. The summed E-state index contributed by atoms with van der Waals surface area (Å²) in [7, 11) is 1.56. The molecule has 170 valence electrons. The summed E-state index contributed by atoms with van der Waals surface area (Å²) in [5, 5.41) is 11.7. The normalized spacial score (nSPS) is 17.9. The van der Waals surface area contributed by atoms with E-state index in [1.165, 1.54) is 17.0 Å². The zero-order valence-corrected chi connectivity index (χ0v) is 19.8. The van der Waals surface area contributed by atoms with Gasteiger partial charge in [-0.25, -0.2) is 0 Å². The van der Waals surface area contributed by atoms with Gasteiger partial charge in [-0.05, 0) is 49.0 Å². The number of likely N-dealkylation sites (tertiary alicyclic amines) is 1. The largest absolute Gasteiger partial charge is 0.507 e. The van der Waals surface area contributed by atoms with Crippen molar-refractivity contribution in [3.05, 3.63) is 69.2 Å². The molecule has 1 unspecified atom stereocenters. The van der Waals surface area contributed by atoms with Crippen LogP contribution >= 0.6 is 23.2 Å². The molecule has 0 spiro atoms. The lowest BCUT2D eigenvalue weighted by Gasteiger charge is -2.28. The van der Waals surface area contributed by atoms with Crippen molar-refractivity contribution in [2.75, 3.05) is 33.3 Å². The van der Waals surface area contributed by atoms with E-state index in [1.54, 1.807) is 37.4 Å². The molecule has 1 N–H and O–H groups in total. The van der Waals surface area contributed by atoms with E-state index in [-0.39, 0.29) is 16.4 Å². The molecule has 2 aromatic rings. The molecule has 3 rings (SSSR count). The number of hydrogen-bond donors (Lipinski definition) is 1. The Labute approximate surface area is 198 Å². The van der Waals surface area contributed by atoms with E-state index in [0.717, 1.165) is 13.1 Å². The quantitative estimate of drug-likeness (QED) is 0.337. The second-order valence-corrected chi connectivity index (χ2v) is 8.24. The first-order valence-corrected chi connectivity index (χ1v) is 11.2. The van der Waals surface area contributed by atoms with Crippen LogP contribution in [-0.2, 0) is 9.59 Å². The number of aliphatic hydroxyl groups is 1. The van der Waals surface area contributed by atoms with E-state index in [0.29, 0.717) is 35.0 Å². The fraction of sp³-hybridized carbons (Fsp3) is 0.333. The molecule has 1 heterocycles. The summed E-state index contributed by atoms with van der Waals surface area (Å²) < 4.78 is 5.23. The van der Waals surface area contributed by atoms with Crippen LogP contribution < -0.4 is 4.74 Å². The lowest BCUT2D eigenvalue weighted by atomic mass is 9.95. The molecule has 0 bridgehead atoms. The van der Waals surface area contributed by atoms with Crippen LogP contribution in [-0.4, -0.2) is 59.9 Å². The molecular weight excluding hydrogens is 451 g/mol. The number of Topliss-reactive ketones (excluding diaryl/α,β-unsaturated/α-hetero) is 1. The van der Waals surface area contributed by atoms with E-state index in [9.17, 15) is 14.7 Å². The average molecular weight is 477 g/mol. The number of methoxy groups -OCH3 is 1. The summed E-state index contributed by atoms with van der Waals surface area (Å²) in [5.41, 5.74) is 1.05. The third-order valence-corrected chi connectivity index (χ3v) is 6.46. The smallest absolute Gasteiger partial charge is 0.295 e. The summed E-state index contributed by atoms with van der Waals surface area (Å²) >= 11 is 12.1. The van der Waals surface area contributed by atoms with E-state index in [2.05, 4.69) is 4.90 Å². The second kappa shape index (κ2) is 10.4. The van der Waals surface area contributed by atoms with Crippen LogP contribution in [0.25, 0.3) is 5.76 Å². The number of hydrogen-bond acceptors (Lipinski definition) is 5. The first-order valence-electron chi connectivity index (χ1n) is 10.4. The Bertz CT molecular complexity index is 1030. The summed E-state index contributed by atoms with van der Waals surface area (Å²) in [4.78, 5) is 29.8. The van der Waals surface area contributed by atoms with Crippen LogP contribution in [0.4, 0.5) is 0 Å². The van der Waals surface area contributed by atoms with Crippen molar-refractivity contribution in [2.45, 2.75) is 19.9 Å². The van der Waals surface area contributed by atoms with Gasteiger partial charge < -0.3 is 19.6 Å². The number of halogens is 2. The zero-order valence-electron chi connectivity index (χ0n) is 18.3. The lowest BCUT2D eigenvalue weighted by Crippen LogP contribution is -2.38.